The van der Waals surface area contributed by atoms with E-state index in [9.17, 15) is 14.7 Å². The van der Waals surface area contributed by atoms with Gasteiger partial charge >= 0.3 is 11.9 Å². The number of fused-ring (bicyclic) bond motifs is 1. The van der Waals surface area contributed by atoms with E-state index in [1.165, 1.54) is 12.0 Å². The van der Waals surface area contributed by atoms with Crippen LogP contribution < -0.4 is 0 Å². The first-order valence-corrected chi connectivity index (χ1v) is 8.64. The first-order valence-electron chi connectivity index (χ1n) is 7.39. The molecule has 0 unspecified atom stereocenters. The molecule has 0 saturated heterocycles. The topological polar surface area (TPSA) is 66.8 Å². The zero-order valence-electron chi connectivity index (χ0n) is 13.4. The van der Waals surface area contributed by atoms with Gasteiger partial charge in [-0.2, -0.15) is 0 Å². The van der Waals surface area contributed by atoms with Gasteiger partial charge in [0.25, 0.3) is 0 Å². The third-order valence-electron chi connectivity index (χ3n) is 4.34. The molecule has 5 nitrogen and oxygen atoms in total. The highest BCUT2D eigenvalue weighted by atomic mass is 35.5. The molecule has 1 aromatic heterocycles. The van der Waals surface area contributed by atoms with Crippen molar-refractivity contribution in [2.24, 2.45) is 0 Å². The number of carbonyl (C=O) groups excluding carboxylic acids is 1. The number of hydrogen-bond donors (Lipinski definition) is 1. The van der Waals surface area contributed by atoms with Gasteiger partial charge in [0, 0.05) is 28.6 Å². The fraction of sp³-hybridized carbons (Fsp3) is 0.294. The summed E-state index contributed by atoms with van der Waals surface area (Å²) in [6.07, 6.45) is 0.684. The molecule has 134 valence electrons. The van der Waals surface area contributed by atoms with Gasteiger partial charge in [0.15, 0.2) is 0 Å². The molecule has 0 amide bonds. The zero-order chi connectivity index (χ0) is 17.3. The van der Waals surface area contributed by atoms with Gasteiger partial charge in [-0.05, 0) is 29.5 Å². The van der Waals surface area contributed by atoms with Gasteiger partial charge in [-0.1, -0.05) is 29.8 Å². The monoisotopic (exact) mass is 401 g/mol. The van der Waals surface area contributed by atoms with E-state index < -0.39 is 17.5 Å². The molecule has 25 heavy (non-hydrogen) atoms. The van der Waals surface area contributed by atoms with Crippen LogP contribution in [0, 0.1) is 0 Å². The number of carboxylic acids is 1. The van der Waals surface area contributed by atoms with Crippen molar-refractivity contribution >= 4 is 47.3 Å². The maximum atomic E-state index is 12.7. The number of ether oxygens (including phenoxy) is 1. The Hall–Kier alpha value is -1.60. The number of benzene rings is 1. The van der Waals surface area contributed by atoms with Crippen LogP contribution in [0.25, 0.3) is 0 Å². The van der Waals surface area contributed by atoms with E-state index in [2.05, 4.69) is 0 Å². The van der Waals surface area contributed by atoms with E-state index in [0.29, 0.717) is 19.5 Å². The Morgan fingerprint density at radius 1 is 1.32 bits per heavy atom. The van der Waals surface area contributed by atoms with E-state index in [-0.39, 0.29) is 23.0 Å². The molecular formula is C17H17Cl2NO4S. The second kappa shape index (κ2) is 7.74. The summed E-state index contributed by atoms with van der Waals surface area (Å²) in [5.74, 6) is -2.14. The molecule has 0 spiro atoms. The van der Waals surface area contributed by atoms with Crippen LogP contribution >= 0.6 is 35.3 Å². The normalized spacial score (nSPS) is 16.2. The van der Waals surface area contributed by atoms with Crippen LogP contribution in [0.4, 0.5) is 0 Å². The van der Waals surface area contributed by atoms with E-state index in [0.717, 1.165) is 5.56 Å². The maximum Gasteiger partial charge on any atom is 0.342 e. The molecule has 2 aromatic rings. The molecule has 0 saturated carbocycles. The number of carbonyl (C=O) groups is 2. The first kappa shape index (κ1) is 19.7. The van der Waals surface area contributed by atoms with Crippen LogP contribution in [0.3, 0.4) is 0 Å². The number of halogens is 2. The molecule has 1 aliphatic heterocycles. The van der Waals surface area contributed by atoms with Gasteiger partial charge in [-0.15, -0.1) is 23.7 Å². The average Bonchev–Trinajstić information content (AvgIpc) is 3.04. The lowest BCUT2D eigenvalue weighted by Gasteiger charge is -2.40. The van der Waals surface area contributed by atoms with Crippen LogP contribution in [0.1, 0.15) is 16.0 Å². The molecule has 0 aliphatic carbocycles. The fourth-order valence-corrected chi connectivity index (χ4v) is 4.35. The highest BCUT2D eigenvalue weighted by Crippen LogP contribution is 2.39. The summed E-state index contributed by atoms with van der Waals surface area (Å²) in [7, 11) is 1.19. The molecule has 1 aromatic carbocycles. The molecule has 2 heterocycles. The first-order chi connectivity index (χ1) is 11.5. The van der Waals surface area contributed by atoms with Gasteiger partial charge in [0.05, 0.1) is 7.11 Å². The molecule has 1 N–H and O–H groups in total. The van der Waals surface area contributed by atoms with Crippen molar-refractivity contribution in [3.63, 3.8) is 0 Å². The van der Waals surface area contributed by atoms with Crippen LogP contribution in [-0.4, -0.2) is 35.6 Å². The van der Waals surface area contributed by atoms with Crippen molar-refractivity contribution in [2.45, 2.75) is 18.5 Å². The van der Waals surface area contributed by atoms with Crippen molar-refractivity contribution in [1.29, 1.82) is 0 Å². The molecule has 0 bridgehead atoms. The zero-order valence-corrected chi connectivity index (χ0v) is 15.8. The summed E-state index contributed by atoms with van der Waals surface area (Å²) in [6.45, 7) is 0.783. The molecule has 1 atom stereocenters. The van der Waals surface area contributed by atoms with Gasteiger partial charge in [-0.3, -0.25) is 4.90 Å². The van der Waals surface area contributed by atoms with Gasteiger partial charge in [0.1, 0.15) is 0 Å². The van der Waals surface area contributed by atoms with Crippen molar-refractivity contribution in [3.05, 3.63) is 56.7 Å². The third kappa shape index (κ3) is 3.15. The number of hydrogen-bond acceptors (Lipinski definition) is 5. The van der Waals surface area contributed by atoms with Crippen LogP contribution in [-0.2, 0) is 32.8 Å². The minimum Gasteiger partial charge on any atom is -0.479 e. The smallest absolute Gasteiger partial charge is 0.342 e. The third-order valence-corrected chi connectivity index (χ3v) is 5.69. The second-order valence-electron chi connectivity index (χ2n) is 5.53. The number of nitrogens with zero attached hydrogens (tertiary/aromatic N) is 1. The van der Waals surface area contributed by atoms with Crippen molar-refractivity contribution < 1.29 is 19.4 Å². The Balaban J connectivity index is 0.00000225. The van der Waals surface area contributed by atoms with E-state index >= 15 is 0 Å². The largest absolute Gasteiger partial charge is 0.479 e. The lowest BCUT2D eigenvalue weighted by molar-refractivity contribution is -0.172. The Morgan fingerprint density at radius 2 is 2.04 bits per heavy atom. The summed E-state index contributed by atoms with van der Waals surface area (Å²) < 4.78 is 4.89. The minimum atomic E-state index is -1.97. The predicted molar refractivity (Wildman–Crippen MR) is 98.5 cm³/mol. The number of carboxylic acid groups (broad SMARTS) is 1. The Kier molecular flexibility index (Phi) is 6.11. The number of thiophene rings is 1. The lowest BCUT2D eigenvalue weighted by atomic mass is 9.86. The molecule has 3 rings (SSSR count). The molecule has 0 fully saturated rings. The highest BCUT2D eigenvalue weighted by molar-refractivity contribution is 7.10. The Morgan fingerprint density at radius 3 is 2.68 bits per heavy atom. The number of esters is 1. The predicted octanol–water partition coefficient (Wildman–Crippen LogP) is 3.33. The van der Waals surface area contributed by atoms with E-state index in [4.69, 9.17) is 16.3 Å². The fourth-order valence-electron chi connectivity index (χ4n) is 3.18. The summed E-state index contributed by atoms with van der Waals surface area (Å²) >= 11 is 7.90. The molecule has 8 heteroatoms. The van der Waals surface area contributed by atoms with E-state index in [1.807, 2.05) is 11.4 Å². The molecule has 0 radical (unpaired) electrons. The Labute approximate surface area is 160 Å². The number of methoxy groups -OCH3 is 1. The summed E-state index contributed by atoms with van der Waals surface area (Å²) in [6, 6.07) is 8.47. The summed E-state index contributed by atoms with van der Waals surface area (Å²) in [4.78, 5) is 27.9. The lowest BCUT2D eigenvalue weighted by Crippen LogP contribution is -2.59. The van der Waals surface area contributed by atoms with E-state index in [1.54, 1.807) is 40.5 Å². The SMILES string of the molecule is COC(=O)[C@@](C(=O)O)(c1ccccc1Cl)N1CCc2sccc2C1.Cl. The Bertz CT molecular complexity index is 794. The quantitative estimate of drug-likeness (QED) is 0.628. The van der Waals surface area contributed by atoms with Crippen molar-refractivity contribution in [1.82, 2.24) is 4.90 Å². The van der Waals surface area contributed by atoms with Gasteiger partial charge < -0.3 is 9.84 Å². The second-order valence-corrected chi connectivity index (χ2v) is 6.94. The van der Waals surface area contributed by atoms with Crippen LogP contribution in [0.2, 0.25) is 5.02 Å². The summed E-state index contributed by atoms with van der Waals surface area (Å²) in [5, 5.41) is 12.3. The number of rotatable bonds is 4. The van der Waals surface area contributed by atoms with Gasteiger partial charge in [-0.25, -0.2) is 9.59 Å². The van der Waals surface area contributed by atoms with Crippen LogP contribution in [0.15, 0.2) is 35.7 Å². The molecular weight excluding hydrogens is 385 g/mol. The van der Waals surface area contributed by atoms with Crippen LogP contribution in [0.5, 0.6) is 0 Å². The standard InChI is InChI=1S/C17H16ClNO4S.ClH/c1-23-16(22)17(15(20)21,12-4-2-3-5-13(12)18)19-8-6-14-11(10-19)7-9-24-14;/h2-5,7,9H,6,8,10H2,1H3,(H,20,21);1H/t17-;/m0./s1. The average molecular weight is 402 g/mol. The minimum absolute atomic E-state index is 0. The molecule has 1 aliphatic rings. The van der Waals surface area contributed by atoms with Crippen molar-refractivity contribution in [3.8, 4) is 0 Å². The number of aliphatic carboxylic acids is 1. The summed E-state index contributed by atoms with van der Waals surface area (Å²) in [5.41, 5.74) is -0.704. The highest BCUT2D eigenvalue weighted by Gasteiger charge is 2.55. The maximum absolute atomic E-state index is 12.7. The van der Waals surface area contributed by atoms with Gasteiger partial charge in [0.2, 0.25) is 5.54 Å². The van der Waals surface area contributed by atoms with Crippen molar-refractivity contribution in [2.75, 3.05) is 13.7 Å².